The van der Waals surface area contributed by atoms with Gasteiger partial charge in [0, 0.05) is 62.8 Å². The summed E-state index contributed by atoms with van der Waals surface area (Å²) in [6, 6.07) is 8.66. The Bertz CT molecular complexity index is 812. The number of carbonyl (C=O) groups excluding carboxylic acids is 3. The summed E-state index contributed by atoms with van der Waals surface area (Å²) in [5, 5.41) is 9.39. The van der Waals surface area contributed by atoms with Crippen LogP contribution in [0.4, 0.5) is 5.69 Å². The summed E-state index contributed by atoms with van der Waals surface area (Å²) in [6.07, 6.45) is 0. The minimum atomic E-state index is -0.144. The summed E-state index contributed by atoms with van der Waals surface area (Å²) < 4.78 is 0. The quantitative estimate of drug-likeness (QED) is 0.776. The van der Waals surface area contributed by atoms with Gasteiger partial charge in [0.2, 0.25) is 5.91 Å². The summed E-state index contributed by atoms with van der Waals surface area (Å²) in [6.45, 7) is 5.74. The predicted molar refractivity (Wildman–Crippen MR) is 110 cm³/mol. The Hall–Kier alpha value is -2.71. The molecule has 8 heteroatoms. The van der Waals surface area contributed by atoms with Crippen molar-refractivity contribution >= 4 is 34.7 Å². The fraction of sp³-hybridized carbons (Fsp3) is 0.350. The van der Waals surface area contributed by atoms with Crippen molar-refractivity contribution in [2.24, 2.45) is 0 Å². The molecule has 0 atom stereocenters. The van der Waals surface area contributed by atoms with Gasteiger partial charge in [-0.1, -0.05) is 0 Å². The van der Waals surface area contributed by atoms with Gasteiger partial charge in [0.1, 0.15) is 0 Å². The van der Waals surface area contributed by atoms with Crippen LogP contribution in [0.15, 0.2) is 41.1 Å². The Balaban J connectivity index is 1.38. The van der Waals surface area contributed by atoms with Gasteiger partial charge in [0.25, 0.3) is 11.8 Å². The summed E-state index contributed by atoms with van der Waals surface area (Å²) >= 11 is 1.53. The zero-order valence-electron chi connectivity index (χ0n) is 15.8. The van der Waals surface area contributed by atoms with E-state index in [0.717, 1.165) is 25.2 Å². The third kappa shape index (κ3) is 5.40. The van der Waals surface area contributed by atoms with Gasteiger partial charge >= 0.3 is 0 Å². The molecule has 2 aromatic rings. The van der Waals surface area contributed by atoms with Crippen molar-refractivity contribution in [3.8, 4) is 0 Å². The largest absolute Gasteiger partial charge is 0.351 e. The Morgan fingerprint density at radius 1 is 1.00 bits per heavy atom. The van der Waals surface area contributed by atoms with Crippen molar-refractivity contribution in [2.45, 2.75) is 6.92 Å². The predicted octanol–water partition coefficient (Wildman–Crippen LogP) is 1.89. The van der Waals surface area contributed by atoms with E-state index >= 15 is 0 Å². The van der Waals surface area contributed by atoms with Crippen LogP contribution in [-0.4, -0.2) is 66.8 Å². The van der Waals surface area contributed by atoms with Gasteiger partial charge < -0.3 is 15.5 Å². The number of benzene rings is 1. The third-order valence-corrected chi connectivity index (χ3v) is 5.29. The highest BCUT2D eigenvalue weighted by Crippen LogP contribution is 2.12. The molecule has 2 heterocycles. The highest BCUT2D eigenvalue weighted by Gasteiger charge is 2.22. The number of amides is 3. The number of anilines is 1. The number of hydrogen-bond donors (Lipinski definition) is 2. The van der Waals surface area contributed by atoms with Crippen LogP contribution >= 0.6 is 11.3 Å². The molecule has 1 aromatic carbocycles. The van der Waals surface area contributed by atoms with Gasteiger partial charge in [0.05, 0.1) is 5.56 Å². The molecule has 3 rings (SSSR count). The standard InChI is InChI=1S/C20H24N4O3S/c1-15(25)22-18-4-2-16(3-5-18)19(26)21-7-8-23-9-11-24(12-10-23)20(27)17-6-13-28-14-17/h2-6,13-14H,7-12H2,1H3,(H,21,26)(H,22,25). The molecular weight excluding hydrogens is 376 g/mol. The molecule has 7 nitrogen and oxygen atoms in total. The highest BCUT2D eigenvalue weighted by molar-refractivity contribution is 7.08. The van der Waals surface area contributed by atoms with Crippen LogP contribution in [-0.2, 0) is 4.79 Å². The van der Waals surface area contributed by atoms with E-state index in [0.29, 0.717) is 30.9 Å². The molecule has 0 aliphatic carbocycles. The molecule has 1 fully saturated rings. The summed E-state index contributed by atoms with van der Waals surface area (Å²) in [5.74, 6) is -0.188. The monoisotopic (exact) mass is 400 g/mol. The van der Waals surface area contributed by atoms with Crippen LogP contribution in [0.3, 0.4) is 0 Å². The number of carbonyl (C=O) groups is 3. The zero-order chi connectivity index (χ0) is 19.9. The second-order valence-electron chi connectivity index (χ2n) is 6.66. The first kappa shape index (κ1) is 20.0. The number of rotatable bonds is 6. The highest BCUT2D eigenvalue weighted by atomic mass is 32.1. The normalized spacial score (nSPS) is 14.5. The van der Waals surface area contributed by atoms with E-state index in [1.54, 1.807) is 24.3 Å². The molecule has 1 aliphatic rings. The van der Waals surface area contributed by atoms with Crippen molar-refractivity contribution < 1.29 is 14.4 Å². The zero-order valence-corrected chi connectivity index (χ0v) is 16.6. The minimum Gasteiger partial charge on any atom is -0.351 e. The molecule has 1 saturated heterocycles. The van der Waals surface area contributed by atoms with Gasteiger partial charge in [-0.25, -0.2) is 0 Å². The maximum absolute atomic E-state index is 12.3. The Labute approximate surface area is 168 Å². The number of piperazine rings is 1. The Morgan fingerprint density at radius 2 is 1.71 bits per heavy atom. The van der Waals surface area contributed by atoms with Gasteiger partial charge in [-0.2, -0.15) is 11.3 Å². The number of hydrogen-bond acceptors (Lipinski definition) is 5. The van der Waals surface area contributed by atoms with Crippen molar-refractivity contribution in [1.29, 1.82) is 0 Å². The van der Waals surface area contributed by atoms with Crippen molar-refractivity contribution in [3.05, 3.63) is 52.2 Å². The first-order valence-electron chi connectivity index (χ1n) is 9.22. The van der Waals surface area contributed by atoms with Crippen LogP contribution in [0.25, 0.3) is 0 Å². The SMILES string of the molecule is CC(=O)Nc1ccc(C(=O)NCCN2CCN(C(=O)c3ccsc3)CC2)cc1. The molecule has 0 unspecified atom stereocenters. The fourth-order valence-corrected chi connectivity index (χ4v) is 3.71. The first-order chi connectivity index (χ1) is 13.5. The van der Waals surface area contributed by atoms with Crippen LogP contribution in [0.2, 0.25) is 0 Å². The van der Waals surface area contributed by atoms with Crippen LogP contribution in [0.1, 0.15) is 27.6 Å². The average molecular weight is 401 g/mol. The topological polar surface area (TPSA) is 81.8 Å². The molecule has 0 radical (unpaired) electrons. The molecule has 0 bridgehead atoms. The van der Waals surface area contributed by atoms with E-state index in [1.807, 2.05) is 21.7 Å². The van der Waals surface area contributed by atoms with Gasteiger partial charge in [-0.05, 0) is 35.7 Å². The van der Waals surface area contributed by atoms with Crippen LogP contribution in [0, 0.1) is 0 Å². The third-order valence-electron chi connectivity index (χ3n) is 4.61. The lowest BCUT2D eigenvalue weighted by Gasteiger charge is -2.34. The molecule has 2 N–H and O–H groups in total. The molecule has 0 spiro atoms. The van der Waals surface area contributed by atoms with E-state index < -0.39 is 0 Å². The lowest BCUT2D eigenvalue weighted by atomic mass is 10.2. The summed E-state index contributed by atoms with van der Waals surface area (Å²) in [7, 11) is 0. The lowest BCUT2D eigenvalue weighted by molar-refractivity contribution is -0.114. The number of nitrogens with one attached hydrogen (secondary N) is 2. The summed E-state index contributed by atoms with van der Waals surface area (Å²) in [5.41, 5.74) is 1.98. The van der Waals surface area contributed by atoms with Crippen LogP contribution in [0.5, 0.6) is 0 Å². The Morgan fingerprint density at radius 3 is 2.32 bits per heavy atom. The van der Waals surface area contributed by atoms with Gasteiger partial charge in [-0.3, -0.25) is 19.3 Å². The number of nitrogens with zero attached hydrogens (tertiary/aromatic N) is 2. The maximum atomic E-state index is 12.3. The fourth-order valence-electron chi connectivity index (χ4n) is 3.08. The molecule has 28 heavy (non-hydrogen) atoms. The van der Waals surface area contributed by atoms with E-state index in [4.69, 9.17) is 0 Å². The lowest BCUT2D eigenvalue weighted by Crippen LogP contribution is -2.50. The average Bonchev–Trinajstić information content (AvgIpc) is 3.23. The van der Waals surface area contributed by atoms with E-state index in [2.05, 4.69) is 15.5 Å². The second kappa shape index (κ2) is 9.48. The molecule has 1 aromatic heterocycles. The van der Waals surface area contributed by atoms with Crippen molar-refractivity contribution in [3.63, 3.8) is 0 Å². The molecule has 1 aliphatic heterocycles. The smallest absolute Gasteiger partial charge is 0.254 e. The second-order valence-corrected chi connectivity index (χ2v) is 7.44. The minimum absolute atomic E-state index is 0.0944. The first-order valence-corrected chi connectivity index (χ1v) is 10.2. The van der Waals surface area contributed by atoms with Gasteiger partial charge in [0.15, 0.2) is 0 Å². The molecule has 3 amide bonds. The van der Waals surface area contributed by atoms with Crippen molar-refractivity contribution in [1.82, 2.24) is 15.1 Å². The molecule has 0 saturated carbocycles. The van der Waals surface area contributed by atoms with E-state index in [-0.39, 0.29) is 17.7 Å². The molecular formula is C20H24N4O3S. The van der Waals surface area contributed by atoms with Crippen LogP contribution < -0.4 is 10.6 Å². The van der Waals surface area contributed by atoms with E-state index in [1.165, 1.54) is 18.3 Å². The van der Waals surface area contributed by atoms with Gasteiger partial charge in [-0.15, -0.1) is 0 Å². The van der Waals surface area contributed by atoms with Crippen molar-refractivity contribution in [2.75, 3.05) is 44.6 Å². The maximum Gasteiger partial charge on any atom is 0.254 e. The Kier molecular flexibility index (Phi) is 6.78. The van der Waals surface area contributed by atoms with E-state index in [9.17, 15) is 14.4 Å². The number of thiophene rings is 1. The summed E-state index contributed by atoms with van der Waals surface area (Å²) in [4.78, 5) is 39.7. The molecule has 148 valence electrons.